The molecular formula is C19H17FN2O3. The molecular weight excluding hydrogens is 323 g/mol. The third-order valence-electron chi connectivity index (χ3n) is 3.96. The zero-order valence-electron chi connectivity index (χ0n) is 14.1. The molecule has 0 atom stereocenters. The van der Waals surface area contributed by atoms with Crippen LogP contribution in [0.3, 0.4) is 0 Å². The van der Waals surface area contributed by atoms with Crippen LogP contribution in [0.4, 0.5) is 16.0 Å². The maximum atomic E-state index is 13.1. The largest absolute Gasteiger partial charge is 0.465 e. The molecule has 2 aromatic carbocycles. The third-order valence-corrected chi connectivity index (χ3v) is 3.96. The van der Waals surface area contributed by atoms with Crippen LogP contribution in [0.25, 0.3) is 11.3 Å². The molecule has 6 heteroatoms. The molecule has 3 rings (SSSR count). The fourth-order valence-corrected chi connectivity index (χ4v) is 2.42. The molecule has 0 radical (unpaired) electrons. The normalized spacial score (nSPS) is 10.6. The van der Waals surface area contributed by atoms with Crippen LogP contribution < -0.4 is 5.32 Å². The summed E-state index contributed by atoms with van der Waals surface area (Å²) >= 11 is 0. The SMILES string of the molecule is COC(=O)c1c(-c2ccc(F)cc2)noc1Nc1ccc(C)c(C)c1. The van der Waals surface area contributed by atoms with Crippen LogP contribution in [0.5, 0.6) is 0 Å². The Morgan fingerprint density at radius 3 is 2.48 bits per heavy atom. The number of nitrogens with one attached hydrogen (secondary N) is 1. The van der Waals surface area contributed by atoms with Gasteiger partial charge in [0.2, 0.25) is 5.88 Å². The molecule has 0 saturated heterocycles. The second-order valence-electron chi connectivity index (χ2n) is 5.66. The molecule has 0 aliphatic heterocycles. The minimum Gasteiger partial charge on any atom is -0.465 e. The fourth-order valence-electron chi connectivity index (χ4n) is 2.42. The molecule has 128 valence electrons. The van der Waals surface area contributed by atoms with E-state index in [0.29, 0.717) is 5.56 Å². The number of benzene rings is 2. The zero-order chi connectivity index (χ0) is 18.0. The van der Waals surface area contributed by atoms with Crippen LogP contribution in [0.2, 0.25) is 0 Å². The fraction of sp³-hybridized carbons (Fsp3) is 0.158. The quantitative estimate of drug-likeness (QED) is 0.702. The van der Waals surface area contributed by atoms with Gasteiger partial charge in [-0.05, 0) is 61.4 Å². The van der Waals surface area contributed by atoms with E-state index in [9.17, 15) is 9.18 Å². The van der Waals surface area contributed by atoms with E-state index in [-0.39, 0.29) is 23.0 Å². The maximum Gasteiger partial charge on any atom is 0.345 e. The minimum atomic E-state index is -0.591. The molecule has 0 aliphatic carbocycles. The average Bonchev–Trinajstić information content (AvgIpc) is 3.01. The second kappa shape index (κ2) is 6.76. The van der Waals surface area contributed by atoms with Gasteiger partial charge < -0.3 is 14.6 Å². The Kier molecular flexibility index (Phi) is 4.52. The van der Waals surface area contributed by atoms with Gasteiger partial charge >= 0.3 is 5.97 Å². The summed E-state index contributed by atoms with van der Waals surface area (Å²) in [6.45, 7) is 4.01. The summed E-state index contributed by atoms with van der Waals surface area (Å²) in [5, 5.41) is 7.01. The van der Waals surface area contributed by atoms with Crippen molar-refractivity contribution >= 4 is 17.5 Å². The molecule has 5 nitrogen and oxygen atoms in total. The van der Waals surface area contributed by atoms with E-state index in [4.69, 9.17) is 9.26 Å². The van der Waals surface area contributed by atoms with E-state index in [0.717, 1.165) is 16.8 Å². The maximum absolute atomic E-state index is 13.1. The summed E-state index contributed by atoms with van der Waals surface area (Å²) in [4.78, 5) is 12.2. The number of aryl methyl sites for hydroxylation is 2. The van der Waals surface area contributed by atoms with Gasteiger partial charge in [-0.2, -0.15) is 0 Å². The number of aromatic nitrogens is 1. The number of hydrogen-bond donors (Lipinski definition) is 1. The Balaban J connectivity index is 2.03. The van der Waals surface area contributed by atoms with E-state index in [1.54, 1.807) is 0 Å². The molecule has 0 fully saturated rings. The molecule has 0 saturated carbocycles. The number of hydrogen-bond acceptors (Lipinski definition) is 5. The van der Waals surface area contributed by atoms with E-state index >= 15 is 0 Å². The van der Waals surface area contributed by atoms with Crippen molar-refractivity contribution in [2.45, 2.75) is 13.8 Å². The molecule has 3 aromatic rings. The summed E-state index contributed by atoms with van der Waals surface area (Å²) in [5.74, 6) is -0.790. The highest BCUT2D eigenvalue weighted by molar-refractivity contribution is 6.01. The van der Waals surface area contributed by atoms with E-state index in [1.165, 1.54) is 31.4 Å². The lowest BCUT2D eigenvalue weighted by molar-refractivity contribution is 0.0602. The van der Waals surface area contributed by atoms with Crippen LogP contribution in [-0.4, -0.2) is 18.2 Å². The Bertz CT molecular complexity index is 917. The first-order valence-corrected chi connectivity index (χ1v) is 7.68. The van der Waals surface area contributed by atoms with Crippen LogP contribution in [0.1, 0.15) is 21.5 Å². The van der Waals surface area contributed by atoms with Gasteiger partial charge in [0.25, 0.3) is 0 Å². The predicted octanol–water partition coefficient (Wildman–Crippen LogP) is 4.63. The number of carbonyl (C=O) groups excluding carboxylic acids is 1. The Labute approximate surface area is 144 Å². The number of esters is 1. The number of halogens is 1. The number of methoxy groups -OCH3 is 1. The topological polar surface area (TPSA) is 64.4 Å². The first-order valence-electron chi connectivity index (χ1n) is 7.68. The van der Waals surface area contributed by atoms with Gasteiger partial charge in [-0.25, -0.2) is 9.18 Å². The number of ether oxygens (including phenoxy) is 1. The van der Waals surface area contributed by atoms with Gasteiger partial charge in [-0.3, -0.25) is 0 Å². The van der Waals surface area contributed by atoms with Gasteiger partial charge in [-0.1, -0.05) is 11.2 Å². The second-order valence-corrected chi connectivity index (χ2v) is 5.66. The van der Waals surface area contributed by atoms with Crippen molar-refractivity contribution in [2.75, 3.05) is 12.4 Å². The van der Waals surface area contributed by atoms with Gasteiger partial charge in [0, 0.05) is 11.3 Å². The van der Waals surface area contributed by atoms with Gasteiger partial charge in [0.05, 0.1) is 7.11 Å². The Morgan fingerprint density at radius 2 is 1.84 bits per heavy atom. The number of rotatable bonds is 4. The molecule has 1 N–H and O–H groups in total. The van der Waals surface area contributed by atoms with E-state index in [2.05, 4.69) is 10.5 Å². The average molecular weight is 340 g/mol. The summed E-state index contributed by atoms with van der Waals surface area (Å²) in [7, 11) is 1.28. The number of nitrogens with zero attached hydrogens (tertiary/aromatic N) is 1. The van der Waals surface area contributed by atoms with Crippen LogP contribution >= 0.6 is 0 Å². The summed E-state index contributed by atoms with van der Waals surface area (Å²) in [6.07, 6.45) is 0. The van der Waals surface area contributed by atoms with Crippen molar-refractivity contribution in [1.82, 2.24) is 5.16 Å². The first-order chi connectivity index (χ1) is 12.0. The highest BCUT2D eigenvalue weighted by Gasteiger charge is 2.25. The predicted molar refractivity (Wildman–Crippen MR) is 92.4 cm³/mol. The van der Waals surface area contributed by atoms with Crippen molar-refractivity contribution in [2.24, 2.45) is 0 Å². The molecule has 0 unspecified atom stereocenters. The lowest BCUT2D eigenvalue weighted by atomic mass is 10.1. The van der Waals surface area contributed by atoms with Gasteiger partial charge in [0.1, 0.15) is 11.5 Å². The van der Waals surface area contributed by atoms with Crippen molar-refractivity contribution in [3.63, 3.8) is 0 Å². The van der Waals surface area contributed by atoms with E-state index < -0.39 is 5.97 Å². The van der Waals surface area contributed by atoms with Crippen molar-refractivity contribution < 1.29 is 18.4 Å². The highest BCUT2D eigenvalue weighted by atomic mass is 19.1. The third kappa shape index (κ3) is 3.38. The van der Waals surface area contributed by atoms with Crippen molar-refractivity contribution in [1.29, 1.82) is 0 Å². The Hall–Kier alpha value is -3.15. The van der Waals surface area contributed by atoms with Crippen LogP contribution in [0.15, 0.2) is 47.0 Å². The number of carbonyl (C=O) groups is 1. The lowest BCUT2D eigenvalue weighted by Gasteiger charge is -2.07. The summed E-state index contributed by atoms with van der Waals surface area (Å²) in [5.41, 5.74) is 4.02. The van der Waals surface area contributed by atoms with Gasteiger partial charge in [0.15, 0.2) is 5.56 Å². The molecule has 1 aromatic heterocycles. The highest BCUT2D eigenvalue weighted by Crippen LogP contribution is 2.32. The zero-order valence-corrected chi connectivity index (χ0v) is 14.1. The lowest BCUT2D eigenvalue weighted by Crippen LogP contribution is -2.05. The first kappa shape index (κ1) is 16.7. The number of anilines is 2. The smallest absolute Gasteiger partial charge is 0.345 e. The molecule has 0 spiro atoms. The molecule has 25 heavy (non-hydrogen) atoms. The molecule has 0 bridgehead atoms. The standard InChI is InChI=1S/C19H17FN2O3/c1-11-4-9-15(10-12(11)2)21-18-16(19(23)24-3)17(22-25-18)13-5-7-14(20)8-6-13/h4-10,21H,1-3H3. The van der Waals surface area contributed by atoms with E-state index in [1.807, 2.05) is 32.0 Å². The summed E-state index contributed by atoms with van der Waals surface area (Å²) in [6, 6.07) is 11.4. The van der Waals surface area contributed by atoms with Crippen molar-refractivity contribution in [3.8, 4) is 11.3 Å². The molecule has 0 amide bonds. The monoisotopic (exact) mass is 340 g/mol. The van der Waals surface area contributed by atoms with Gasteiger partial charge in [-0.15, -0.1) is 0 Å². The Morgan fingerprint density at radius 1 is 1.12 bits per heavy atom. The summed E-state index contributed by atoms with van der Waals surface area (Å²) < 4.78 is 23.3. The molecule has 0 aliphatic rings. The van der Waals surface area contributed by atoms with Crippen LogP contribution in [-0.2, 0) is 4.74 Å². The molecule has 1 heterocycles. The van der Waals surface area contributed by atoms with Crippen molar-refractivity contribution in [3.05, 3.63) is 65.0 Å². The van der Waals surface area contributed by atoms with Crippen LogP contribution in [0, 0.1) is 19.7 Å². The minimum absolute atomic E-state index is 0.160.